The molecule has 0 aromatic heterocycles. The van der Waals surface area contributed by atoms with Gasteiger partial charge < -0.3 is 19.7 Å². The van der Waals surface area contributed by atoms with Crippen LogP contribution in [0.15, 0.2) is 29.3 Å². The third-order valence-corrected chi connectivity index (χ3v) is 4.17. The summed E-state index contributed by atoms with van der Waals surface area (Å²) >= 11 is 0. The van der Waals surface area contributed by atoms with E-state index in [-0.39, 0.29) is 11.9 Å². The van der Waals surface area contributed by atoms with Crippen LogP contribution in [0, 0.1) is 5.92 Å². The number of nitrogens with one attached hydrogen (secondary N) is 1. The molecule has 0 bridgehead atoms. The number of ether oxygens (including phenoxy) is 2. The lowest BCUT2D eigenvalue weighted by Gasteiger charge is -2.33. The van der Waals surface area contributed by atoms with Crippen LogP contribution in [0.1, 0.15) is 18.4 Å². The van der Waals surface area contributed by atoms with E-state index in [4.69, 9.17) is 9.47 Å². The second-order valence-electron chi connectivity index (χ2n) is 5.50. The highest BCUT2D eigenvalue weighted by Crippen LogP contribution is 2.19. The van der Waals surface area contributed by atoms with Gasteiger partial charge in [0.2, 0.25) is 0 Å². The van der Waals surface area contributed by atoms with Crippen molar-refractivity contribution in [3.05, 3.63) is 29.8 Å². The summed E-state index contributed by atoms with van der Waals surface area (Å²) in [6, 6.07) is 7.92. The molecule has 1 N–H and O–H groups in total. The standard InChI is InChI=1S/C17H25N3O3/c1-18-17(19-12-14-6-4-5-7-15(14)22-2)20-10-8-13(9-11-20)16(21)23-3/h4-7,13H,8-12H2,1-3H3,(H,18,19). The molecular formula is C17H25N3O3. The summed E-state index contributed by atoms with van der Waals surface area (Å²) in [5, 5.41) is 3.37. The zero-order valence-electron chi connectivity index (χ0n) is 14.0. The Bertz CT molecular complexity index is 552. The average Bonchev–Trinajstić information content (AvgIpc) is 2.62. The first-order valence-electron chi connectivity index (χ1n) is 7.85. The first kappa shape index (κ1) is 17.1. The van der Waals surface area contributed by atoms with Crippen molar-refractivity contribution in [2.45, 2.75) is 19.4 Å². The van der Waals surface area contributed by atoms with Crippen molar-refractivity contribution in [1.29, 1.82) is 0 Å². The summed E-state index contributed by atoms with van der Waals surface area (Å²) in [5.41, 5.74) is 1.08. The quantitative estimate of drug-likeness (QED) is 0.519. The smallest absolute Gasteiger partial charge is 0.308 e. The Morgan fingerprint density at radius 3 is 2.61 bits per heavy atom. The van der Waals surface area contributed by atoms with Gasteiger partial charge in [0.25, 0.3) is 0 Å². The van der Waals surface area contributed by atoms with Gasteiger partial charge in [-0.2, -0.15) is 0 Å². The number of aliphatic imine (C=N–C) groups is 1. The van der Waals surface area contributed by atoms with Crippen LogP contribution in [0.2, 0.25) is 0 Å². The maximum absolute atomic E-state index is 11.6. The van der Waals surface area contributed by atoms with Gasteiger partial charge in [0, 0.05) is 32.2 Å². The van der Waals surface area contributed by atoms with Crippen molar-refractivity contribution in [2.24, 2.45) is 10.9 Å². The second kappa shape index (κ2) is 8.41. The number of para-hydroxylation sites is 1. The van der Waals surface area contributed by atoms with Gasteiger partial charge in [-0.3, -0.25) is 9.79 Å². The predicted molar refractivity (Wildman–Crippen MR) is 89.5 cm³/mol. The molecule has 1 aromatic carbocycles. The number of hydrogen-bond donors (Lipinski definition) is 1. The van der Waals surface area contributed by atoms with Crippen molar-refractivity contribution in [2.75, 3.05) is 34.4 Å². The Labute approximate surface area is 137 Å². The van der Waals surface area contributed by atoms with Gasteiger partial charge in [0.15, 0.2) is 5.96 Å². The molecule has 0 radical (unpaired) electrons. The molecule has 1 aromatic rings. The Morgan fingerprint density at radius 1 is 1.30 bits per heavy atom. The summed E-state index contributed by atoms with van der Waals surface area (Å²) < 4.78 is 10.2. The van der Waals surface area contributed by atoms with Crippen molar-refractivity contribution in [1.82, 2.24) is 10.2 Å². The summed E-state index contributed by atoms with van der Waals surface area (Å²) in [6.07, 6.45) is 1.59. The Balaban J connectivity index is 1.90. The van der Waals surface area contributed by atoms with Crippen LogP contribution in [0.5, 0.6) is 5.75 Å². The van der Waals surface area contributed by atoms with Gasteiger partial charge in [-0.15, -0.1) is 0 Å². The molecule has 1 aliphatic heterocycles. The van der Waals surface area contributed by atoms with Crippen molar-refractivity contribution in [3.8, 4) is 5.75 Å². The van der Waals surface area contributed by atoms with Gasteiger partial charge in [0.1, 0.15) is 5.75 Å². The molecule has 1 fully saturated rings. The first-order chi connectivity index (χ1) is 11.2. The minimum atomic E-state index is -0.110. The number of piperidine rings is 1. The Hall–Kier alpha value is -2.24. The van der Waals surface area contributed by atoms with E-state index in [1.165, 1.54) is 7.11 Å². The molecule has 6 heteroatoms. The monoisotopic (exact) mass is 319 g/mol. The maximum Gasteiger partial charge on any atom is 0.308 e. The number of carbonyl (C=O) groups excluding carboxylic acids is 1. The fourth-order valence-electron chi connectivity index (χ4n) is 2.85. The van der Waals surface area contributed by atoms with Crippen LogP contribution in [-0.4, -0.2) is 51.2 Å². The van der Waals surface area contributed by atoms with Crippen LogP contribution in [0.25, 0.3) is 0 Å². The molecule has 0 atom stereocenters. The van der Waals surface area contributed by atoms with Crippen LogP contribution in [0.3, 0.4) is 0 Å². The number of methoxy groups -OCH3 is 2. The molecule has 1 saturated heterocycles. The summed E-state index contributed by atoms with van der Waals surface area (Å²) in [6.45, 7) is 2.24. The first-order valence-corrected chi connectivity index (χ1v) is 7.85. The normalized spacial score (nSPS) is 16.1. The van der Waals surface area contributed by atoms with Crippen molar-refractivity contribution < 1.29 is 14.3 Å². The fourth-order valence-corrected chi connectivity index (χ4v) is 2.85. The van der Waals surface area contributed by atoms with Crippen LogP contribution < -0.4 is 10.1 Å². The molecule has 1 aliphatic rings. The highest BCUT2D eigenvalue weighted by Gasteiger charge is 2.26. The van der Waals surface area contributed by atoms with Gasteiger partial charge >= 0.3 is 5.97 Å². The number of rotatable bonds is 4. The van der Waals surface area contributed by atoms with E-state index < -0.39 is 0 Å². The molecule has 2 rings (SSSR count). The number of benzene rings is 1. The average molecular weight is 319 g/mol. The molecule has 6 nitrogen and oxygen atoms in total. The Morgan fingerprint density at radius 2 is 2.00 bits per heavy atom. The van der Waals surface area contributed by atoms with Crippen LogP contribution in [0.4, 0.5) is 0 Å². The lowest BCUT2D eigenvalue weighted by molar-refractivity contribution is -0.146. The highest BCUT2D eigenvalue weighted by molar-refractivity contribution is 5.80. The number of esters is 1. The molecule has 1 heterocycles. The molecule has 0 unspecified atom stereocenters. The van der Waals surface area contributed by atoms with Gasteiger partial charge in [-0.05, 0) is 18.9 Å². The molecule has 126 valence electrons. The fraction of sp³-hybridized carbons (Fsp3) is 0.529. The van der Waals surface area contributed by atoms with Crippen molar-refractivity contribution in [3.63, 3.8) is 0 Å². The van der Waals surface area contributed by atoms with Gasteiger partial charge in [0.05, 0.1) is 20.1 Å². The number of carbonyl (C=O) groups is 1. The van der Waals surface area contributed by atoms with E-state index in [1.807, 2.05) is 24.3 Å². The van der Waals surface area contributed by atoms with Crippen LogP contribution >= 0.6 is 0 Å². The summed E-state index contributed by atoms with van der Waals surface area (Å²) in [5.74, 6) is 1.60. The zero-order chi connectivity index (χ0) is 16.7. The summed E-state index contributed by atoms with van der Waals surface area (Å²) in [4.78, 5) is 18.1. The lowest BCUT2D eigenvalue weighted by atomic mass is 9.97. The maximum atomic E-state index is 11.6. The second-order valence-corrected chi connectivity index (χ2v) is 5.50. The molecular weight excluding hydrogens is 294 g/mol. The third-order valence-electron chi connectivity index (χ3n) is 4.17. The number of guanidine groups is 1. The molecule has 0 spiro atoms. The molecule has 0 amide bonds. The topological polar surface area (TPSA) is 63.2 Å². The van der Waals surface area contributed by atoms with E-state index in [0.29, 0.717) is 6.54 Å². The van der Waals surface area contributed by atoms with Gasteiger partial charge in [-0.25, -0.2) is 0 Å². The van der Waals surface area contributed by atoms with E-state index in [1.54, 1.807) is 14.2 Å². The largest absolute Gasteiger partial charge is 0.496 e. The van der Waals surface area contributed by atoms with Crippen molar-refractivity contribution >= 4 is 11.9 Å². The predicted octanol–water partition coefficient (Wildman–Crippen LogP) is 1.66. The molecule has 0 aliphatic carbocycles. The number of likely N-dealkylation sites (tertiary alicyclic amines) is 1. The highest BCUT2D eigenvalue weighted by atomic mass is 16.5. The zero-order valence-corrected chi connectivity index (χ0v) is 14.0. The minimum Gasteiger partial charge on any atom is -0.496 e. The van der Waals surface area contributed by atoms with E-state index in [9.17, 15) is 4.79 Å². The lowest BCUT2D eigenvalue weighted by Crippen LogP contribution is -2.46. The molecule has 0 saturated carbocycles. The molecule has 23 heavy (non-hydrogen) atoms. The summed E-state index contributed by atoms with van der Waals surface area (Å²) in [7, 11) is 4.89. The SMILES string of the molecule is CN=C(NCc1ccccc1OC)N1CCC(C(=O)OC)CC1. The number of hydrogen-bond acceptors (Lipinski definition) is 4. The minimum absolute atomic E-state index is 0.00331. The van der Waals surface area contributed by atoms with Crippen LogP contribution in [-0.2, 0) is 16.1 Å². The van der Waals surface area contributed by atoms with E-state index in [0.717, 1.165) is 43.2 Å². The Kier molecular flexibility index (Phi) is 6.26. The van der Waals surface area contributed by atoms with Gasteiger partial charge in [-0.1, -0.05) is 18.2 Å². The number of nitrogens with zero attached hydrogens (tertiary/aromatic N) is 2. The van der Waals surface area contributed by atoms with E-state index >= 15 is 0 Å². The third kappa shape index (κ3) is 4.37. The van der Waals surface area contributed by atoms with E-state index in [2.05, 4.69) is 15.2 Å².